The average Bonchev–Trinajstić information content (AvgIpc) is 3.18. The van der Waals surface area contributed by atoms with Crippen LogP contribution in [0.3, 0.4) is 0 Å². The summed E-state index contributed by atoms with van der Waals surface area (Å²) in [5, 5.41) is 3.50. The SMILES string of the molecule is c1ccc(-c2ccc([C@@H](C3CCCC3)N3CCNCC3)cc2)cc1. The third-order valence-electron chi connectivity index (χ3n) is 5.75. The molecule has 1 N–H and O–H groups in total. The van der Waals surface area contributed by atoms with E-state index in [-0.39, 0.29) is 0 Å². The van der Waals surface area contributed by atoms with Crippen molar-refractivity contribution in [2.45, 2.75) is 31.7 Å². The molecule has 0 radical (unpaired) electrons. The summed E-state index contributed by atoms with van der Waals surface area (Å²) in [5.41, 5.74) is 4.15. The van der Waals surface area contributed by atoms with Crippen LogP contribution in [0.4, 0.5) is 0 Å². The fourth-order valence-corrected chi connectivity index (χ4v) is 4.52. The zero-order valence-electron chi connectivity index (χ0n) is 14.5. The Hall–Kier alpha value is -1.64. The lowest BCUT2D eigenvalue weighted by Crippen LogP contribution is -2.46. The van der Waals surface area contributed by atoms with Gasteiger partial charge < -0.3 is 5.32 Å². The zero-order chi connectivity index (χ0) is 16.2. The summed E-state index contributed by atoms with van der Waals surface area (Å²) in [7, 11) is 0. The summed E-state index contributed by atoms with van der Waals surface area (Å²) in [4.78, 5) is 2.73. The van der Waals surface area contributed by atoms with Crippen molar-refractivity contribution >= 4 is 0 Å². The molecular weight excluding hydrogens is 292 g/mol. The van der Waals surface area contributed by atoms with Gasteiger partial charge in [-0.1, -0.05) is 67.4 Å². The molecule has 2 aromatic rings. The molecule has 126 valence electrons. The summed E-state index contributed by atoms with van der Waals surface area (Å²) < 4.78 is 0. The molecule has 1 saturated carbocycles. The van der Waals surface area contributed by atoms with Gasteiger partial charge in [-0.15, -0.1) is 0 Å². The van der Waals surface area contributed by atoms with Crippen molar-refractivity contribution in [2.75, 3.05) is 26.2 Å². The van der Waals surface area contributed by atoms with Gasteiger partial charge in [0.25, 0.3) is 0 Å². The Morgan fingerprint density at radius 1 is 0.792 bits per heavy atom. The second kappa shape index (κ2) is 7.50. The Bertz CT molecular complexity index is 623. The molecule has 1 atom stereocenters. The van der Waals surface area contributed by atoms with Crippen LogP contribution < -0.4 is 5.32 Å². The number of piperazine rings is 1. The molecule has 2 heteroatoms. The molecule has 0 bridgehead atoms. The lowest BCUT2D eigenvalue weighted by molar-refractivity contribution is 0.125. The van der Waals surface area contributed by atoms with E-state index in [1.165, 1.54) is 55.5 Å². The van der Waals surface area contributed by atoms with Gasteiger partial charge in [0.15, 0.2) is 0 Å². The highest BCUT2D eigenvalue weighted by Gasteiger charge is 2.31. The fraction of sp³-hybridized carbons (Fsp3) is 0.455. The number of nitrogens with one attached hydrogen (secondary N) is 1. The Balaban J connectivity index is 1.60. The molecule has 1 aliphatic carbocycles. The summed E-state index contributed by atoms with van der Waals surface area (Å²) in [5.74, 6) is 0.839. The molecule has 0 unspecified atom stereocenters. The van der Waals surface area contributed by atoms with Crippen molar-refractivity contribution in [3.05, 3.63) is 60.2 Å². The van der Waals surface area contributed by atoms with Crippen LogP contribution in [-0.2, 0) is 0 Å². The van der Waals surface area contributed by atoms with Crippen LogP contribution in [0.25, 0.3) is 11.1 Å². The monoisotopic (exact) mass is 320 g/mol. The minimum atomic E-state index is 0.611. The number of hydrogen-bond donors (Lipinski definition) is 1. The molecule has 0 amide bonds. The van der Waals surface area contributed by atoms with E-state index >= 15 is 0 Å². The smallest absolute Gasteiger partial charge is 0.0377 e. The third-order valence-corrected chi connectivity index (χ3v) is 5.75. The van der Waals surface area contributed by atoms with Crippen LogP contribution >= 0.6 is 0 Å². The highest BCUT2D eigenvalue weighted by Crippen LogP contribution is 2.40. The van der Waals surface area contributed by atoms with Gasteiger partial charge in [0.1, 0.15) is 0 Å². The van der Waals surface area contributed by atoms with Crippen molar-refractivity contribution < 1.29 is 0 Å². The lowest BCUT2D eigenvalue weighted by atomic mass is 9.89. The highest BCUT2D eigenvalue weighted by atomic mass is 15.2. The van der Waals surface area contributed by atoms with Gasteiger partial charge in [-0.25, -0.2) is 0 Å². The normalized spacial score (nSPS) is 21.0. The average molecular weight is 320 g/mol. The van der Waals surface area contributed by atoms with Gasteiger partial charge in [0.2, 0.25) is 0 Å². The second-order valence-electron chi connectivity index (χ2n) is 7.26. The Morgan fingerprint density at radius 2 is 1.42 bits per heavy atom. The van der Waals surface area contributed by atoms with Crippen molar-refractivity contribution in [2.24, 2.45) is 5.92 Å². The molecule has 0 aromatic heterocycles. The predicted octanol–water partition coefficient (Wildman–Crippen LogP) is 4.49. The molecule has 2 aliphatic rings. The number of benzene rings is 2. The molecule has 2 fully saturated rings. The van der Waals surface area contributed by atoms with Crippen LogP contribution in [0.2, 0.25) is 0 Å². The Kier molecular flexibility index (Phi) is 4.96. The van der Waals surface area contributed by atoms with Crippen LogP contribution in [0.5, 0.6) is 0 Å². The maximum Gasteiger partial charge on any atom is 0.0377 e. The number of hydrogen-bond acceptors (Lipinski definition) is 2. The highest BCUT2D eigenvalue weighted by molar-refractivity contribution is 5.63. The van der Waals surface area contributed by atoms with Gasteiger partial charge in [0, 0.05) is 32.2 Å². The van der Waals surface area contributed by atoms with Gasteiger partial charge in [-0.3, -0.25) is 4.90 Å². The van der Waals surface area contributed by atoms with Gasteiger partial charge in [0.05, 0.1) is 0 Å². The van der Waals surface area contributed by atoms with Gasteiger partial charge in [-0.2, -0.15) is 0 Å². The quantitative estimate of drug-likeness (QED) is 0.893. The predicted molar refractivity (Wildman–Crippen MR) is 101 cm³/mol. The molecule has 2 aromatic carbocycles. The minimum Gasteiger partial charge on any atom is -0.314 e. The zero-order valence-corrected chi connectivity index (χ0v) is 14.5. The number of rotatable bonds is 4. The third kappa shape index (κ3) is 3.40. The standard InChI is InChI=1S/C22H28N2/c1-2-6-18(7-3-1)19-10-12-21(13-11-19)22(20-8-4-5-9-20)24-16-14-23-15-17-24/h1-3,6-7,10-13,20,22-23H,4-5,8-9,14-17H2/t22-/m1/s1. The largest absolute Gasteiger partial charge is 0.314 e. The minimum absolute atomic E-state index is 0.611. The summed E-state index contributed by atoms with van der Waals surface area (Å²) >= 11 is 0. The topological polar surface area (TPSA) is 15.3 Å². The van der Waals surface area contributed by atoms with Crippen LogP contribution in [0.1, 0.15) is 37.3 Å². The molecule has 1 saturated heterocycles. The van der Waals surface area contributed by atoms with Crippen LogP contribution in [-0.4, -0.2) is 31.1 Å². The lowest BCUT2D eigenvalue weighted by Gasteiger charge is -2.38. The first-order valence-electron chi connectivity index (χ1n) is 9.52. The molecule has 0 spiro atoms. The maximum absolute atomic E-state index is 3.50. The van der Waals surface area contributed by atoms with E-state index in [2.05, 4.69) is 64.8 Å². The van der Waals surface area contributed by atoms with Crippen molar-refractivity contribution in [1.82, 2.24) is 10.2 Å². The second-order valence-corrected chi connectivity index (χ2v) is 7.26. The van der Waals surface area contributed by atoms with E-state index in [0.717, 1.165) is 19.0 Å². The molecular formula is C22H28N2. The Morgan fingerprint density at radius 3 is 2.08 bits per heavy atom. The summed E-state index contributed by atoms with van der Waals surface area (Å²) in [6, 6.07) is 20.7. The maximum atomic E-state index is 3.50. The Labute approximate surface area is 145 Å². The fourth-order valence-electron chi connectivity index (χ4n) is 4.52. The first kappa shape index (κ1) is 15.9. The van der Waals surface area contributed by atoms with E-state index in [9.17, 15) is 0 Å². The first-order valence-corrected chi connectivity index (χ1v) is 9.52. The molecule has 24 heavy (non-hydrogen) atoms. The van der Waals surface area contributed by atoms with Gasteiger partial charge >= 0.3 is 0 Å². The van der Waals surface area contributed by atoms with Crippen molar-refractivity contribution in [1.29, 1.82) is 0 Å². The molecule has 1 heterocycles. The van der Waals surface area contributed by atoms with E-state index in [0.29, 0.717) is 6.04 Å². The van der Waals surface area contributed by atoms with Crippen molar-refractivity contribution in [3.63, 3.8) is 0 Å². The van der Waals surface area contributed by atoms with E-state index in [1.807, 2.05) is 0 Å². The molecule has 2 nitrogen and oxygen atoms in total. The van der Waals surface area contributed by atoms with E-state index in [1.54, 1.807) is 0 Å². The summed E-state index contributed by atoms with van der Waals surface area (Å²) in [6.45, 7) is 4.62. The van der Waals surface area contributed by atoms with Crippen LogP contribution in [0, 0.1) is 5.92 Å². The molecule has 4 rings (SSSR count). The number of nitrogens with zero attached hydrogens (tertiary/aromatic N) is 1. The van der Waals surface area contributed by atoms with E-state index < -0.39 is 0 Å². The molecule has 1 aliphatic heterocycles. The van der Waals surface area contributed by atoms with E-state index in [4.69, 9.17) is 0 Å². The van der Waals surface area contributed by atoms with Crippen molar-refractivity contribution in [3.8, 4) is 11.1 Å². The van der Waals surface area contributed by atoms with Crippen LogP contribution in [0.15, 0.2) is 54.6 Å². The van der Waals surface area contributed by atoms with Gasteiger partial charge in [-0.05, 0) is 35.4 Å². The first-order chi connectivity index (χ1) is 11.9. The summed E-state index contributed by atoms with van der Waals surface area (Å²) in [6.07, 6.45) is 5.62.